The Morgan fingerprint density at radius 2 is 2.44 bits per heavy atom. The van der Waals surface area contributed by atoms with Crippen molar-refractivity contribution in [3.63, 3.8) is 0 Å². The van der Waals surface area contributed by atoms with Gasteiger partial charge in [-0.25, -0.2) is 0 Å². The molecule has 2 atom stereocenters. The van der Waals surface area contributed by atoms with E-state index in [1.54, 1.807) is 0 Å². The van der Waals surface area contributed by atoms with E-state index in [9.17, 15) is 0 Å². The van der Waals surface area contributed by atoms with Gasteiger partial charge in [-0.05, 0) is 38.9 Å². The molecular weight excluding hydrogens is 202 g/mol. The van der Waals surface area contributed by atoms with E-state index in [1.165, 1.54) is 25.9 Å². The summed E-state index contributed by atoms with van der Waals surface area (Å²) in [5.41, 5.74) is 0. The number of nitrogens with zero attached hydrogens (tertiary/aromatic N) is 1. The maximum Gasteiger partial charge on any atom is 0.0824 e. The lowest BCUT2D eigenvalue weighted by Crippen LogP contribution is -2.44. The highest BCUT2D eigenvalue weighted by atomic mass is 16.5. The van der Waals surface area contributed by atoms with Crippen LogP contribution in [0, 0.1) is 5.92 Å². The predicted octanol–water partition coefficient (Wildman–Crippen LogP) is -0.0938. The van der Waals surface area contributed by atoms with Crippen LogP contribution in [0.15, 0.2) is 0 Å². The number of rotatable bonds is 5. The Morgan fingerprint density at radius 3 is 3.12 bits per heavy atom. The highest BCUT2D eigenvalue weighted by Crippen LogP contribution is 2.16. The lowest BCUT2D eigenvalue weighted by molar-refractivity contribution is 0.0292. The normalized spacial score (nSPS) is 32.1. The predicted molar refractivity (Wildman–Crippen MR) is 65.7 cm³/mol. The second-order valence-corrected chi connectivity index (χ2v) is 5.11. The topological polar surface area (TPSA) is 36.5 Å². The van der Waals surface area contributed by atoms with Crippen molar-refractivity contribution in [2.75, 3.05) is 52.9 Å². The maximum atomic E-state index is 5.63. The summed E-state index contributed by atoms with van der Waals surface area (Å²) in [6, 6.07) is 0. The van der Waals surface area contributed by atoms with Crippen LogP contribution < -0.4 is 10.6 Å². The molecule has 94 valence electrons. The van der Waals surface area contributed by atoms with Gasteiger partial charge in [-0.3, -0.25) is 0 Å². The first-order valence-electron chi connectivity index (χ1n) is 6.56. The van der Waals surface area contributed by atoms with E-state index >= 15 is 0 Å². The molecule has 2 saturated heterocycles. The molecule has 2 aliphatic heterocycles. The fourth-order valence-electron chi connectivity index (χ4n) is 2.58. The molecule has 0 amide bonds. The zero-order chi connectivity index (χ0) is 11.2. The third-order valence-electron chi connectivity index (χ3n) is 3.59. The van der Waals surface area contributed by atoms with Gasteiger partial charge in [0, 0.05) is 26.2 Å². The molecule has 0 saturated carbocycles. The summed E-state index contributed by atoms with van der Waals surface area (Å²) in [5, 5.41) is 6.86. The minimum absolute atomic E-state index is 0.375. The van der Waals surface area contributed by atoms with E-state index in [0.29, 0.717) is 6.10 Å². The summed E-state index contributed by atoms with van der Waals surface area (Å²) >= 11 is 0. The Hall–Kier alpha value is -0.160. The number of ether oxygens (including phenoxy) is 1. The Morgan fingerprint density at radius 1 is 1.50 bits per heavy atom. The second kappa shape index (κ2) is 6.55. The molecule has 0 radical (unpaired) electrons. The summed E-state index contributed by atoms with van der Waals surface area (Å²) in [5.74, 6) is 0.905. The molecule has 0 aromatic rings. The zero-order valence-corrected chi connectivity index (χ0v) is 10.4. The summed E-state index contributed by atoms with van der Waals surface area (Å²) in [7, 11) is 2.22. The smallest absolute Gasteiger partial charge is 0.0824 e. The average Bonchev–Trinajstić information content (AvgIpc) is 2.72. The number of nitrogens with one attached hydrogen (secondary N) is 2. The molecule has 2 fully saturated rings. The molecular formula is C12H25N3O. The minimum Gasteiger partial charge on any atom is -0.374 e. The van der Waals surface area contributed by atoms with Crippen LogP contribution >= 0.6 is 0 Å². The number of hydrogen-bond donors (Lipinski definition) is 2. The first kappa shape index (κ1) is 12.3. The van der Waals surface area contributed by atoms with E-state index in [4.69, 9.17) is 4.74 Å². The highest BCUT2D eigenvalue weighted by molar-refractivity contribution is 4.74. The summed E-state index contributed by atoms with van der Waals surface area (Å²) in [6.07, 6.45) is 3.06. The molecule has 4 heteroatoms. The van der Waals surface area contributed by atoms with Gasteiger partial charge in [0.25, 0.3) is 0 Å². The van der Waals surface area contributed by atoms with Gasteiger partial charge < -0.3 is 20.3 Å². The first-order chi connectivity index (χ1) is 7.84. The SMILES string of the molecule is CN1CCC(CCNCC2CNCCO2)C1. The van der Waals surface area contributed by atoms with Gasteiger partial charge in [0.15, 0.2) is 0 Å². The van der Waals surface area contributed by atoms with Crippen molar-refractivity contribution in [1.82, 2.24) is 15.5 Å². The van der Waals surface area contributed by atoms with Gasteiger partial charge in [-0.15, -0.1) is 0 Å². The van der Waals surface area contributed by atoms with Crippen molar-refractivity contribution < 1.29 is 4.74 Å². The minimum atomic E-state index is 0.375. The van der Waals surface area contributed by atoms with Crippen LogP contribution in [0.3, 0.4) is 0 Å². The van der Waals surface area contributed by atoms with Gasteiger partial charge >= 0.3 is 0 Å². The van der Waals surface area contributed by atoms with Crippen LogP contribution in [0.5, 0.6) is 0 Å². The van der Waals surface area contributed by atoms with Crippen LogP contribution in [0.1, 0.15) is 12.8 Å². The molecule has 0 bridgehead atoms. The fourth-order valence-corrected chi connectivity index (χ4v) is 2.58. The molecule has 0 aliphatic carbocycles. The summed E-state index contributed by atoms with van der Waals surface area (Å²) in [6.45, 7) is 7.56. The van der Waals surface area contributed by atoms with Gasteiger partial charge in [0.05, 0.1) is 12.7 Å². The van der Waals surface area contributed by atoms with E-state index in [0.717, 1.165) is 38.7 Å². The molecule has 2 aliphatic rings. The standard InChI is InChI=1S/C12H25N3O/c1-15-6-3-11(10-15)2-4-13-8-12-9-14-5-7-16-12/h11-14H,2-10H2,1H3. The molecule has 2 N–H and O–H groups in total. The molecule has 2 unspecified atom stereocenters. The summed E-state index contributed by atoms with van der Waals surface area (Å²) < 4.78 is 5.63. The maximum absolute atomic E-state index is 5.63. The van der Waals surface area contributed by atoms with Gasteiger partial charge in [0.2, 0.25) is 0 Å². The van der Waals surface area contributed by atoms with Crippen LogP contribution in [0.4, 0.5) is 0 Å². The lowest BCUT2D eigenvalue weighted by Gasteiger charge is -2.24. The Kier molecular flexibility index (Phi) is 5.03. The van der Waals surface area contributed by atoms with Gasteiger partial charge in [-0.1, -0.05) is 0 Å². The van der Waals surface area contributed by atoms with Crippen molar-refractivity contribution in [1.29, 1.82) is 0 Å². The monoisotopic (exact) mass is 227 g/mol. The number of hydrogen-bond acceptors (Lipinski definition) is 4. The third-order valence-corrected chi connectivity index (χ3v) is 3.59. The van der Waals surface area contributed by atoms with Crippen molar-refractivity contribution >= 4 is 0 Å². The Bertz CT molecular complexity index is 188. The fraction of sp³-hybridized carbons (Fsp3) is 1.00. The summed E-state index contributed by atoms with van der Waals surface area (Å²) in [4.78, 5) is 2.43. The molecule has 16 heavy (non-hydrogen) atoms. The second-order valence-electron chi connectivity index (χ2n) is 5.11. The van der Waals surface area contributed by atoms with Crippen molar-refractivity contribution in [3.05, 3.63) is 0 Å². The molecule has 2 heterocycles. The van der Waals surface area contributed by atoms with E-state index in [-0.39, 0.29) is 0 Å². The van der Waals surface area contributed by atoms with E-state index < -0.39 is 0 Å². The largest absolute Gasteiger partial charge is 0.374 e. The van der Waals surface area contributed by atoms with Gasteiger partial charge in [-0.2, -0.15) is 0 Å². The third kappa shape index (κ3) is 4.01. The van der Waals surface area contributed by atoms with Crippen molar-refractivity contribution in [2.24, 2.45) is 5.92 Å². The van der Waals surface area contributed by atoms with E-state index in [2.05, 4.69) is 22.6 Å². The van der Waals surface area contributed by atoms with E-state index in [1.807, 2.05) is 0 Å². The van der Waals surface area contributed by atoms with Crippen LogP contribution in [-0.4, -0.2) is 63.9 Å². The highest BCUT2D eigenvalue weighted by Gasteiger charge is 2.19. The number of likely N-dealkylation sites (tertiary alicyclic amines) is 1. The van der Waals surface area contributed by atoms with Crippen LogP contribution in [-0.2, 0) is 4.74 Å². The van der Waals surface area contributed by atoms with Crippen LogP contribution in [0.25, 0.3) is 0 Å². The van der Waals surface area contributed by atoms with Crippen LogP contribution in [0.2, 0.25) is 0 Å². The molecule has 0 spiro atoms. The average molecular weight is 227 g/mol. The lowest BCUT2D eigenvalue weighted by atomic mass is 10.1. The van der Waals surface area contributed by atoms with Crippen molar-refractivity contribution in [2.45, 2.75) is 18.9 Å². The first-order valence-corrected chi connectivity index (χ1v) is 6.56. The van der Waals surface area contributed by atoms with Gasteiger partial charge in [0.1, 0.15) is 0 Å². The Labute approximate surface area is 98.7 Å². The Balaban J connectivity index is 1.48. The molecule has 4 nitrogen and oxygen atoms in total. The molecule has 2 rings (SSSR count). The molecule has 0 aromatic carbocycles. The molecule has 0 aromatic heterocycles. The number of morpholine rings is 1. The quantitative estimate of drug-likeness (QED) is 0.644. The van der Waals surface area contributed by atoms with Crippen molar-refractivity contribution in [3.8, 4) is 0 Å². The zero-order valence-electron chi connectivity index (χ0n) is 10.4.